The van der Waals surface area contributed by atoms with Gasteiger partial charge in [-0.2, -0.15) is 5.10 Å². The molecule has 5 heteroatoms. The SMILES string of the molecule is COC(=O)C1(N)CCc2nn(C)c(C)c21. The van der Waals surface area contributed by atoms with Crippen molar-refractivity contribution in [3.63, 3.8) is 0 Å². The Bertz CT molecular complexity index is 425. The first-order valence-corrected chi connectivity index (χ1v) is 4.91. The first-order chi connectivity index (χ1) is 7.00. The minimum absolute atomic E-state index is 0.377. The van der Waals surface area contributed by atoms with Gasteiger partial charge in [0, 0.05) is 18.3 Å². The molecule has 1 atom stereocenters. The molecule has 1 unspecified atom stereocenters. The van der Waals surface area contributed by atoms with Crippen molar-refractivity contribution in [1.29, 1.82) is 0 Å². The van der Waals surface area contributed by atoms with Crippen LogP contribution in [0.25, 0.3) is 0 Å². The van der Waals surface area contributed by atoms with E-state index in [-0.39, 0.29) is 5.97 Å². The van der Waals surface area contributed by atoms with Gasteiger partial charge in [0.15, 0.2) is 0 Å². The average molecular weight is 209 g/mol. The summed E-state index contributed by atoms with van der Waals surface area (Å²) in [5.74, 6) is -0.377. The highest BCUT2D eigenvalue weighted by atomic mass is 16.5. The number of hydrogen-bond acceptors (Lipinski definition) is 4. The zero-order chi connectivity index (χ0) is 11.2. The van der Waals surface area contributed by atoms with Crippen LogP contribution in [-0.2, 0) is 28.5 Å². The number of nitrogens with zero attached hydrogens (tertiary/aromatic N) is 2. The van der Waals surface area contributed by atoms with E-state index in [1.807, 2.05) is 14.0 Å². The highest BCUT2D eigenvalue weighted by Crippen LogP contribution is 2.37. The summed E-state index contributed by atoms with van der Waals surface area (Å²) in [5.41, 5.74) is 7.82. The molecule has 0 radical (unpaired) electrons. The fourth-order valence-corrected chi connectivity index (χ4v) is 2.26. The second-order valence-electron chi connectivity index (χ2n) is 3.99. The predicted octanol–water partition coefficient (Wildman–Crippen LogP) is 0.00172. The predicted molar refractivity (Wildman–Crippen MR) is 54.1 cm³/mol. The Labute approximate surface area is 88.2 Å². The van der Waals surface area contributed by atoms with Crippen LogP contribution >= 0.6 is 0 Å². The first-order valence-electron chi connectivity index (χ1n) is 4.91. The van der Waals surface area contributed by atoms with Crippen LogP contribution in [0.5, 0.6) is 0 Å². The summed E-state index contributed by atoms with van der Waals surface area (Å²) < 4.78 is 6.52. The molecule has 1 aliphatic carbocycles. The van der Waals surface area contributed by atoms with E-state index in [4.69, 9.17) is 10.5 Å². The van der Waals surface area contributed by atoms with Crippen LogP contribution in [0.3, 0.4) is 0 Å². The molecule has 0 saturated carbocycles. The van der Waals surface area contributed by atoms with Crippen LogP contribution in [-0.4, -0.2) is 22.9 Å². The first kappa shape index (κ1) is 10.2. The number of ether oxygens (including phenoxy) is 1. The summed E-state index contributed by atoms with van der Waals surface area (Å²) in [6.45, 7) is 1.92. The molecule has 2 rings (SSSR count). The lowest BCUT2D eigenvalue weighted by Gasteiger charge is -2.21. The third-order valence-electron chi connectivity index (χ3n) is 3.16. The molecule has 0 aromatic carbocycles. The summed E-state index contributed by atoms with van der Waals surface area (Å²) >= 11 is 0. The van der Waals surface area contributed by atoms with Crippen molar-refractivity contribution in [2.45, 2.75) is 25.3 Å². The lowest BCUT2D eigenvalue weighted by Crippen LogP contribution is -2.44. The molecule has 5 nitrogen and oxygen atoms in total. The largest absolute Gasteiger partial charge is 0.467 e. The smallest absolute Gasteiger partial charge is 0.330 e. The highest BCUT2D eigenvalue weighted by molar-refractivity contribution is 5.84. The number of esters is 1. The maximum Gasteiger partial charge on any atom is 0.330 e. The standard InChI is InChI=1S/C10H15N3O2/c1-6-8-7(12-13(6)2)4-5-10(8,11)9(14)15-3/h4-5,11H2,1-3H3. The van der Waals surface area contributed by atoms with E-state index in [2.05, 4.69) is 5.10 Å². The fraction of sp³-hybridized carbons (Fsp3) is 0.600. The minimum atomic E-state index is -0.998. The normalized spacial score (nSPS) is 24.0. The second-order valence-corrected chi connectivity index (χ2v) is 3.99. The number of aromatic nitrogens is 2. The number of methoxy groups -OCH3 is 1. The van der Waals surface area contributed by atoms with Gasteiger partial charge in [-0.15, -0.1) is 0 Å². The number of aryl methyl sites for hydroxylation is 2. The van der Waals surface area contributed by atoms with Crippen LogP contribution in [0.15, 0.2) is 0 Å². The van der Waals surface area contributed by atoms with E-state index in [0.717, 1.165) is 23.4 Å². The molecular weight excluding hydrogens is 194 g/mol. The molecule has 82 valence electrons. The Balaban J connectivity index is 2.55. The second kappa shape index (κ2) is 3.06. The number of fused-ring (bicyclic) bond motifs is 1. The fourth-order valence-electron chi connectivity index (χ4n) is 2.26. The zero-order valence-corrected chi connectivity index (χ0v) is 9.20. The van der Waals surface area contributed by atoms with Gasteiger partial charge in [-0.3, -0.25) is 4.68 Å². The quantitative estimate of drug-likeness (QED) is 0.661. The Morgan fingerprint density at radius 1 is 1.67 bits per heavy atom. The maximum absolute atomic E-state index is 11.7. The van der Waals surface area contributed by atoms with E-state index in [9.17, 15) is 4.79 Å². The van der Waals surface area contributed by atoms with E-state index < -0.39 is 5.54 Å². The van der Waals surface area contributed by atoms with Crippen molar-refractivity contribution < 1.29 is 9.53 Å². The molecule has 1 aliphatic rings. The average Bonchev–Trinajstić information content (AvgIpc) is 2.68. The van der Waals surface area contributed by atoms with E-state index >= 15 is 0 Å². The molecule has 15 heavy (non-hydrogen) atoms. The van der Waals surface area contributed by atoms with Crippen LogP contribution in [0, 0.1) is 6.92 Å². The van der Waals surface area contributed by atoms with Crippen LogP contribution in [0.4, 0.5) is 0 Å². The van der Waals surface area contributed by atoms with Crippen molar-refractivity contribution >= 4 is 5.97 Å². The van der Waals surface area contributed by atoms with Gasteiger partial charge in [0.05, 0.1) is 12.8 Å². The molecule has 0 fully saturated rings. The molecule has 0 aliphatic heterocycles. The summed E-state index contributed by atoms with van der Waals surface area (Å²) in [4.78, 5) is 11.7. The van der Waals surface area contributed by atoms with Gasteiger partial charge >= 0.3 is 5.97 Å². The lowest BCUT2D eigenvalue weighted by molar-refractivity contribution is -0.147. The van der Waals surface area contributed by atoms with Gasteiger partial charge in [0.2, 0.25) is 0 Å². The number of nitrogens with two attached hydrogens (primary N) is 1. The summed E-state index contributed by atoms with van der Waals surface area (Å²) in [6, 6.07) is 0. The topological polar surface area (TPSA) is 70.1 Å². The molecule has 1 aromatic rings. The Morgan fingerprint density at radius 3 is 2.93 bits per heavy atom. The number of rotatable bonds is 1. The van der Waals surface area contributed by atoms with Crippen molar-refractivity contribution in [2.75, 3.05) is 7.11 Å². The molecule has 0 spiro atoms. The van der Waals surface area contributed by atoms with Crippen molar-refractivity contribution in [2.24, 2.45) is 12.8 Å². The zero-order valence-electron chi connectivity index (χ0n) is 9.20. The van der Waals surface area contributed by atoms with Gasteiger partial charge in [-0.05, 0) is 19.8 Å². The van der Waals surface area contributed by atoms with Gasteiger partial charge in [-0.1, -0.05) is 0 Å². The molecule has 2 N–H and O–H groups in total. The molecule has 0 amide bonds. The Kier molecular flexibility index (Phi) is 2.08. The third-order valence-corrected chi connectivity index (χ3v) is 3.16. The maximum atomic E-state index is 11.7. The van der Waals surface area contributed by atoms with Gasteiger partial charge in [0.1, 0.15) is 5.54 Å². The lowest BCUT2D eigenvalue weighted by atomic mass is 9.93. The van der Waals surface area contributed by atoms with Crippen LogP contribution < -0.4 is 5.73 Å². The van der Waals surface area contributed by atoms with Crippen LogP contribution in [0.2, 0.25) is 0 Å². The summed E-state index contributed by atoms with van der Waals surface area (Å²) in [7, 11) is 3.21. The number of hydrogen-bond donors (Lipinski definition) is 1. The van der Waals surface area contributed by atoms with Crippen LogP contribution in [0.1, 0.15) is 23.4 Å². The minimum Gasteiger partial charge on any atom is -0.467 e. The molecule has 0 bridgehead atoms. The van der Waals surface area contributed by atoms with Crippen molar-refractivity contribution in [3.8, 4) is 0 Å². The van der Waals surface area contributed by atoms with Gasteiger partial charge < -0.3 is 10.5 Å². The number of carbonyl (C=O) groups excluding carboxylic acids is 1. The van der Waals surface area contributed by atoms with E-state index in [1.54, 1.807) is 4.68 Å². The summed E-state index contributed by atoms with van der Waals surface area (Å²) in [5, 5.41) is 4.33. The van der Waals surface area contributed by atoms with Gasteiger partial charge in [-0.25, -0.2) is 4.79 Å². The highest BCUT2D eigenvalue weighted by Gasteiger charge is 2.46. The third kappa shape index (κ3) is 1.19. The Morgan fingerprint density at radius 2 is 2.33 bits per heavy atom. The van der Waals surface area contributed by atoms with Crippen molar-refractivity contribution in [1.82, 2.24) is 9.78 Å². The monoisotopic (exact) mass is 209 g/mol. The number of carbonyl (C=O) groups is 1. The molecule has 1 aromatic heterocycles. The van der Waals surface area contributed by atoms with Crippen molar-refractivity contribution in [3.05, 3.63) is 17.0 Å². The molecule has 1 heterocycles. The van der Waals surface area contributed by atoms with E-state index in [0.29, 0.717) is 6.42 Å². The van der Waals surface area contributed by atoms with Gasteiger partial charge in [0.25, 0.3) is 0 Å². The van der Waals surface area contributed by atoms with E-state index in [1.165, 1.54) is 7.11 Å². The Hall–Kier alpha value is -1.36. The summed E-state index contributed by atoms with van der Waals surface area (Å²) in [6.07, 6.45) is 1.32. The molecule has 0 saturated heterocycles. The molecular formula is C10H15N3O2.